The number of phenols is 1. The van der Waals surface area contributed by atoms with Crippen LogP contribution < -0.4 is 0 Å². The number of phenolic OH excluding ortho intramolecular Hbond substituents is 1. The van der Waals surface area contributed by atoms with Crippen LogP contribution in [-0.2, 0) is 0 Å². The molecule has 1 aromatic carbocycles. The van der Waals surface area contributed by atoms with Crippen LogP contribution in [0.2, 0.25) is 0 Å². The Morgan fingerprint density at radius 1 is 1.33 bits per heavy atom. The number of hydrogen-bond acceptors (Lipinski definition) is 3. The molecular formula is C15H24N2O. The number of benzene rings is 1. The van der Waals surface area contributed by atoms with Gasteiger partial charge in [-0.2, -0.15) is 0 Å². The molecule has 0 aliphatic carbocycles. The van der Waals surface area contributed by atoms with Gasteiger partial charge >= 0.3 is 0 Å². The molecule has 100 valence electrons. The standard InChI is InChI=1S/C15H24N2O/c1-11-5-6-15(18)14(9-11)13(3)17-8-7-16(4)12(2)10-17/h5-6,9,12-13,18H,7-8,10H2,1-4H3. The first kappa shape index (κ1) is 13.4. The number of piperazine rings is 1. The Hall–Kier alpha value is -1.06. The van der Waals surface area contributed by atoms with Crippen LogP contribution in [0.5, 0.6) is 5.75 Å². The highest BCUT2D eigenvalue weighted by atomic mass is 16.3. The molecule has 1 aromatic rings. The number of aromatic hydroxyl groups is 1. The summed E-state index contributed by atoms with van der Waals surface area (Å²) in [6.45, 7) is 9.74. The van der Waals surface area contributed by atoms with E-state index in [-0.39, 0.29) is 6.04 Å². The molecular weight excluding hydrogens is 224 g/mol. The summed E-state index contributed by atoms with van der Waals surface area (Å²) in [5.41, 5.74) is 2.25. The van der Waals surface area contributed by atoms with Gasteiger partial charge in [-0.3, -0.25) is 4.90 Å². The van der Waals surface area contributed by atoms with E-state index >= 15 is 0 Å². The van der Waals surface area contributed by atoms with Crippen molar-refractivity contribution in [2.45, 2.75) is 32.9 Å². The van der Waals surface area contributed by atoms with Gasteiger partial charge in [0.05, 0.1) is 0 Å². The molecule has 18 heavy (non-hydrogen) atoms. The van der Waals surface area contributed by atoms with E-state index in [1.54, 1.807) is 6.07 Å². The molecule has 3 heteroatoms. The van der Waals surface area contributed by atoms with E-state index in [0.717, 1.165) is 25.2 Å². The van der Waals surface area contributed by atoms with Crippen LogP contribution in [0.15, 0.2) is 18.2 Å². The summed E-state index contributed by atoms with van der Waals surface area (Å²) < 4.78 is 0. The van der Waals surface area contributed by atoms with Crippen molar-refractivity contribution in [3.8, 4) is 5.75 Å². The Morgan fingerprint density at radius 3 is 2.72 bits per heavy atom. The highest BCUT2D eigenvalue weighted by Crippen LogP contribution is 2.30. The van der Waals surface area contributed by atoms with Gasteiger partial charge in [0.2, 0.25) is 0 Å². The van der Waals surface area contributed by atoms with Crippen molar-refractivity contribution in [1.29, 1.82) is 0 Å². The quantitative estimate of drug-likeness (QED) is 0.870. The summed E-state index contributed by atoms with van der Waals surface area (Å²) in [7, 11) is 2.18. The van der Waals surface area contributed by atoms with Gasteiger partial charge in [-0.25, -0.2) is 0 Å². The van der Waals surface area contributed by atoms with Crippen molar-refractivity contribution in [3.63, 3.8) is 0 Å². The molecule has 2 unspecified atom stereocenters. The predicted octanol–water partition coefficient (Wildman–Crippen LogP) is 2.40. The first-order valence-electron chi connectivity index (χ1n) is 6.73. The fourth-order valence-corrected chi connectivity index (χ4v) is 2.63. The molecule has 0 amide bonds. The molecule has 2 rings (SSSR count). The minimum absolute atomic E-state index is 0.279. The predicted molar refractivity (Wildman–Crippen MR) is 74.9 cm³/mol. The van der Waals surface area contributed by atoms with Crippen LogP contribution in [-0.4, -0.2) is 47.6 Å². The topological polar surface area (TPSA) is 26.7 Å². The van der Waals surface area contributed by atoms with Crippen molar-refractivity contribution in [1.82, 2.24) is 9.80 Å². The lowest BCUT2D eigenvalue weighted by atomic mass is 10.0. The molecule has 0 radical (unpaired) electrons. The smallest absolute Gasteiger partial charge is 0.120 e. The van der Waals surface area contributed by atoms with Crippen molar-refractivity contribution in [2.75, 3.05) is 26.7 Å². The molecule has 1 heterocycles. The number of hydrogen-bond donors (Lipinski definition) is 1. The Kier molecular flexibility index (Phi) is 3.93. The fraction of sp³-hybridized carbons (Fsp3) is 0.600. The average Bonchev–Trinajstić information content (AvgIpc) is 2.35. The first-order valence-corrected chi connectivity index (χ1v) is 6.73. The van der Waals surface area contributed by atoms with E-state index < -0.39 is 0 Å². The van der Waals surface area contributed by atoms with Crippen LogP contribution in [0.25, 0.3) is 0 Å². The second-order valence-electron chi connectivity index (χ2n) is 5.56. The summed E-state index contributed by atoms with van der Waals surface area (Å²) in [6.07, 6.45) is 0. The molecule has 0 aromatic heterocycles. The molecule has 1 saturated heterocycles. The van der Waals surface area contributed by atoms with E-state index in [2.05, 4.69) is 43.7 Å². The number of aryl methyl sites for hydroxylation is 1. The van der Waals surface area contributed by atoms with E-state index in [0.29, 0.717) is 11.8 Å². The monoisotopic (exact) mass is 248 g/mol. The van der Waals surface area contributed by atoms with Crippen LogP contribution in [0.4, 0.5) is 0 Å². The zero-order valence-corrected chi connectivity index (χ0v) is 11.8. The van der Waals surface area contributed by atoms with E-state index in [9.17, 15) is 5.11 Å². The lowest BCUT2D eigenvalue weighted by Gasteiger charge is -2.41. The third-order valence-corrected chi connectivity index (χ3v) is 4.17. The van der Waals surface area contributed by atoms with Crippen molar-refractivity contribution in [2.24, 2.45) is 0 Å². The van der Waals surface area contributed by atoms with Gasteiger partial charge in [-0.15, -0.1) is 0 Å². The zero-order valence-electron chi connectivity index (χ0n) is 11.8. The van der Waals surface area contributed by atoms with Crippen LogP contribution in [0.1, 0.15) is 31.0 Å². The number of rotatable bonds is 2. The first-order chi connectivity index (χ1) is 8.49. The molecule has 2 atom stereocenters. The third-order valence-electron chi connectivity index (χ3n) is 4.17. The summed E-state index contributed by atoms with van der Waals surface area (Å²) in [4.78, 5) is 4.85. The third kappa shape index (κ3) is 2.68. The minimum Gasteiger partial charge on any atom is -0.508 e. The maximum atomic E-state index is 10.0. The summed E-state index contributed by atoms with van der Waals surface area (Å²) in [5.74, 6) is 0.416. The fourth-order valence-electron chi connectivity index (χ4n) is 2.63. The summed E-state index contributed by atoms with van der Waals surface area (Å²) >= 11 is 0. The Bertz CT molecular complexity index is 419. The van der Waals surface area contributed by atoms with Crippen molar-refractivity contribution in [3.05, 3.63) is 29.3 Å². The van der Waals surface area contributed by atoms with Gasteiger partial charge in [0.1, 0.15) is 5.75 Å². The average molecular weight is 248 g/mol. The van der Waals surface area contributed by atoms with E-state index in [1.165, 1.54) is 5.56 Å². The maximum absolute atomic E-state index is 10.0. The highest BCUT2D eigenvalue weighted by molar-refractivity contribution is 5.37. The second kappa shape index (κ2) is 5.29. The van der Waals surface area contributed by atoms with Crippen LogP contribution >= 0.6 is 0 Å². The van der Waals surface area contributed by atoms with Crippen LogP contribution in [0.3, 0.4) is 0 Å². The number of likely N-dealkylation sites (N-methyl/N-ethyl adjacent to an activating group) is 1. The lowest BCUT2D eigenvalue weighted by molar-refractivity contribution is 0.0766. The van der Waals surface area contributed by atoms with E-state index in [4.69, 9.17) is 0 Å². The Balaban J connectivity index is 2.16. The van der Waals surface area contributed by atoms with Gasteiger partial charge in [-0.05, 0) is 33.9 Å². The molecule has 1 N–H and O–H groups in total. The highest BCUT2D eigenvalue weighted by Gasteiger charge is 2.26. The van der Waals surface area contributed by atoms with Gasteiger partial charge in [0.25, 0.3) is 0 Å². The molecule has 1 fully saturated rings. The zero-order chi connectivity index (χ0) is 13.3. The van der Waals surface area contributed by atoms with Gasteiger partial charge in [0.15, 0.2) is 0 Å². The molecule has 0 saturated carbocycles. The van der Waals surface area contributed by atoms with Crippen molar-refractivity contribution >= 4 is 0 Å². The maximum Gasteiger partial charge on any atom is 0.120 e. The summed E-state index contributed by atoms with van der Waals surface area (Å²) in [5, 5.41) is 10.0. The van der Waals surface area contributed by atoms with Crippen LogP contribution in [0, 0.1) is 6.92 Å². The van der Waals surface area contributed by atoms with Crippen molar-refractivity contribution < 1.29 is 5.11 Å². The van der Waals surface area contributed by atoms with Gasteiger partial charge < -0.3 is 10.0 Å². The normalized spacial score (nSPS) is 24.1. The molecule has 1 aliphatic rings. The second-order valence-corrected chi connectivity index (χ2v) is 5.56. The largest absolute Gasteiger partial charge is 0.508 e. The molecule has 0 bridgehead atoms. The van der Waals surface area contributed by atoms with E-state index in [1.807, 2.05) is 6.07 Å². The van der Waals surface area contributed by atoms with Gasteiger partial charge in [-0.1, -0.05) is 17.7 Å². The lowest BCUT2D eigenvalue weighted by Crippen LogP contribution is -2.50. The Morgan fingerprint density at radius 2 is 2.06 bits per heavy atom. The number of nitrogens with zero attached hydrogens (tertiary/aromatic N) is 2. The summed E-state index contributed by atoms with van der Waals surface area (Å²) in [6, 6.07) is 6.72. The molecule has 1 aliphatic heterocycles. The van der Waals surface area contributed by atoms with Gasteiger partial charge in [0, 0.05) is 37.3 Å². The molecule has 0 spiro atoms. The molecule has 3 nitrogen and oxygen atoms in total. The SMILES string of the molecule is Cc1ccc(O)c(C(C)N2CCN(C)C(C)C2)c1. The Labute approximate surface area is 110 Å². The minimum atomic E-state index is 0.279.